The summed E-state index contributed by atoms with van der Waals surface area (Å²) in [4.78, 5) is 12.8. The van der Waals surface area contributed by atoms with Gasteiger partial charge in [-0.1, -0.05) is 12.1 Å². The van der Waals surface area contributed by atoms with Crippen LogP contribution in [-0.2, 0) is 0 Å². The summed E-state index contributed by atoms with van der Waals surface area (Å²) < 4.78 is 27.0. The zero-order chi connectivity index (χ0) is 14.7. The van der Waals surface area contributed by atoms with E-state index in [0.29, 0.717) is 12.2 Å². The van der Waals surface area contributed by atoms with E-state index in [1.807, 2.05) is 0 Å². The van der Waals surface area contributed by atoms with Crippen LogP contribution in [0.2, 0.25) is 0 Å². The number of carboxylic acid groups (broad SMARTS) is 1. The molecule has 3 nitrogen and oxygen atoms in total. The second-order valence-corrected chi connectivity index (χ2v) is 4.16. The molecule has 0 saturated heterocycles. The zero-order valence-electron chi connectivity index (χ0n) is 10.8. The molecule has 0 heterocycles. The Bertz CT molecular complexity index is 644. The highest BCUT2D eigenvalue weighted by Gasteiger charge is 2.20. The van der Waals surface area contributed by atoms with E-state index in [9.17, 15) is 13.6 Å². The molecule has 5 heteroatoms. The number of nitrogens with zero attached hydrogens (tertiary/aromatic N) is 1. The first-order valence-corrected chi connectivity index (χ1v) is 6.09. The van der Waals surface area contributed by atoms with E-state index in [4.69, 9.17) is 5.11 Å². The molecule has 20 heavy (non-hydrogen) atoms. The highest BCUT2D eigenvalue weighted by Crippen LogP contribution is 2.30. The number of rotatable bonds is 4. The monoisotopic (exact) mass is 277 g/mol. The Labute approximate surface area is 115 Å². The van der Waals surface area contributed by atoms with Crippen LogP contribution in [0.1, 0.15) is 17.3 Å². The maximum Gasteiger partial charge on any atom is 0.340 e. The minimum Gasteiger partial charge on any atom is -0.478 e. The van der Waals surface area contributed by atoms with E-state index < -0.39 is 23.2 Å². The predicted octanol–water partition coefficient (Wildman–Crippen LogP) is 3.82. The van der Waals surface area contributed by atoms with Crippen LogP contribution in [0.5, 0.6) is 0 Å². The van der Waals surface area contributed by atoms with Crippen LogP contribution in [0.15, 0.2) is 42.5 Å². The summed E-state index contributed by atoms with van der Waals surface area (Å²) in [5.74, 6) is -2.60. The summed E-state index contributed by atoms with van der Waals surface area (Å²) in [6, 6.07) is 9.75. The van der Waals surface area contributed by atoms with E-state index in [2.05, 4.69) is 0 Å². The van der Waals surface area contributed by atoms with E-state index >= 15 is 0 Å². The average Bonchev–Trinajstić information content (AvgIpc) is 2.39. The normalized spacial score (nSPS) is 10.3. The molecule has 104 valence electrons. The Balaban J connectivity index is 2.58. The van der Waals surface area contributed by atoms with Crippen LogP contribution in [0.4, 0.5) is 20.2 Å². The molecule has 0 aliphatic heterocycles. The first-order chi connectivity index (χ1) is 9.54. The fourth-order valence-electron chi connectivity index (χ4n) is 2.09. The van der Waals surface area contributed by atoms with E-state index in [1.165, 1.54) is 30.3 Å². The number of carbonyl (C=O) groups is 1. The summed E-state index contributed by atoms with van der Waals surface area (Å²) in [5.41, 5.74) is 0.254. The highest BCUT2D eigenvalue weighted by molar-refractivity contribution is 5.96. The van der Waals surface area contributed by atoms with Gasteiger partial charge in [0, 0.05) is 12.2 Å². The number of hydrogen-bond acceptors (Lipinski definition) is 2. The van der Waals surface area contributed by atoms with Crippen LogP contribution in [0.3, 0.4) is 0 Å². The van der Waals surface area contributed by atoms with Gasteiger partial charge < -0.3 is 10.0 Å². The number of aromatic carboxylic acids is 1. The van der Waals surface area contributed by atoms with Crippen molar-refractivity contribution >= 4 is 17.3 Å². The molecule has 0 unspecified atom stereocenters. The number of carboxylic acids is 1. The number of halogens is 2. The van der Waals surface area contributed by atoms with Crippen LogP contribution < -0.4 is 4.90 Å². The third-order valence-electron chi connectivity index (χ3n) is 2.93. The largest absolute Gasteiger partial charge is 0.478 e. The molecule has 0 fully saturated rings. The van der Waals surface area contributed by atoms with Gasteiger partial charge in [-0.2, -0.15) is 0 Å². The van der Waals surface area contributed by atoms with Gasteiger partial charge in [0.1, 0.15) is 17.2 Å². The average molecular weight is 277 g/mol. The number of hydrogen-bond donors (Lipinski definition) is 1. The van der Waals surface area contributed by atoms with Crippen molar-refractivity contribution in [2.45, 2.75) is 6.92 Å². The summed E-state index contributed by atoms with van der Waals surface area (Å²) in [6.07, 6.45) is 0. The molecule has 0 radical (unpaired) electrons. The van der Waals surface area contributed by atoms with Gasteiger partial charge in [0.15, 0.2) is 0 Å². The van der Waals surface area contributed by atoms with Gasteiger partial charge in [-0.05, 0) is 37.3 Å². The van der Waals surface area contributed by atoms with Gasteiger partial charge in [-0.3, -0.25) is 0 Å². The second-order valence-electron chi connectivity index (χ2n) is 4.16. The molecule has 2 aromatic rings. The van der Waals surface area contributed by atoms with Crippen LogP contribution in [0.25, 0.3) is 0 Å². The molecular weight excluding hydrogens is 264 g/mol. The maximum atomic E-state index is 13.7. The topological polar surface area (TPSA) is 40.5 Å². The minimum absolute atomic E-state index is 0.200. The van der Waals surface area contributed by atoms with Crippen molar-refractivity contribution in [2.24, 2.45) is 0 Å². The summed E-state index contributed by atoms with van der Waals surface area (Å²) >= 11 is 0. The SMILES string of the molecule is CCN(c1cccc(F)c1)c1cccc(F)c1C(=O)O. The molecule has 2 aromatic carbocycles. The molecule has 0 amide bonds. The van der Waals surface area contributed by atoms with E-state index in [0.717, 1.165) is 6.07 Å². The second kappa shape index (κ2) is 5.69. The minimum atomic E-state index is -1.35. The van der Waals surface area contributed by atoms with Gasteiger partial charge in [-0.15, -0.1) is 0 Å². The lowest BCUT2D eigenvalue weighted by molar-refractivity contribution is 0.0693. The van der Waals surface area contributed by atoms with Crippen LogP contribution >= 0.6 is 0 Å². The van der Waals surface area contributed by atoms with E-state index in [1.54, 1.807) is 17.9 Å². The summed E-state index contributed by atoms with van der Waals surface area (Å²) in [7, 11) is 0. The summed E-state index contributed by atoms with van der Waals surface area (Å²) in [5, 5.41) is 9.15. The molecule has 0 saturated carbocycles. The Morgan fingerprint density at radius 2 is 1.90 bits per heavy atom. The van der Waals surface area contributed by atoms with Crippen molar-refractivity contribution < 1.29 is 18.7 Å². The lowest BCUT2D eigenvalue weighted by Gasteiger charge is -2.25. The Hall–Kier alpha value is -2.43. The van der Waals surface area contributed by atoms with Crippen molar-refractivity contribution in [3.05, 3.63) is 59.7 Å². The van der Waals surface area contributed by atoms with Gasteiger partial charge >= 0.3 is 5.97 Å². The Kier molecular flexibility index (Phi) is 3.98. The maximum absolute atomic E-state index is 13.7. The Morgan fingerprint density at radius 1 is 1.20 bits per heavy atom. The molecule has 2 rings (SSSR count). The fourth-order valence-corrected chi connectivity index (χ4v) is 2.09. The van der Waals surface area contributed by atoms with Crippen molar-refractivity contribution in [1.29, 1.82) is 0 Å². The molecule has 0 bridgehead atoms. The molecule has 0 aromatic heterocycles. The number of anilines is 2. The fraction of sp³-hybridized carbons (Fsp3) is 0.133. The lowest BCUT2D eigenvalue weighted by Crippen LogP contribution is -2.20. The smallest absolute Gasteiger partial charge is 0.340 e. The van der Waals surface area contributed by atoms with E-state index in [-0.39, 0.29) is 5.69 Å². The molecule has 0 spiro atoms. The first-order valence-electron chi connectivity index (χ1n) is 6.09. The molecule has 0 aliphatic carbocycles. The predicted molar refractivity (Wildman–Crippen MR) is 72.4 cm³/mol. The first kappa shape index (κ1) is 14.0. The quantitative estimate of drug-likeness (QED) is 0.923. The molecular formula is C15H13F2NO2. The molecule has 0 atom stereocenters. The Morgan fingerprint density at radius 3 is 2.50 bits per heavy atom. The molecule has 1 N–H and O–H groups in total. The number of benzene rings is 2. The van der Waals surface area contributed by atoms with Gasteiger partial charge in [0.2, 0.25) is 0 Å². The summed E-state index contributed by atoms with van der Waals surface area (Å²) in [6.45, 7) is 2.16. The highest BCUT2D eigenvalue weighted by atomic mass is 19.1. The third-order valence-corrected chi connectivity index (χ3v) is 2.93. The lowest BCUT2D eigenvalue weighted by atomic mass is 10.1. The van der Waals surface area contributed by atoms with Crippen molar-refractivity contribution in [2.75, 3.05) is 11.4 Å². The van der Waals surface area contributed by atoms with Gasteiger partial charge in [0.25, 0.3) is 0 Å². The zero-order valence-corrected chi connectivity index (χ0v) is 10.8. The van der Waals surface area contributed by atoms with Gasteiger partial charge in [0.05, 0.1) is 5.69 Å². The standard InChI is InChI=1S/C15H13F2NO2/c1-2-18(11-6-3-5-10(16)9-11)13-8-4-7-12(17)14(13)15(19)20/h3-9H,2H2,1H3,(H,19,20). The van der Waals surface area contributed by atoms with Crippen molar-refractivity contribution in [3.63, 3.8) is 0 Å². The third kappa shape index (κ3) is 2.61. The van der Waals surface area contributed by atoms with Crippen molar-refractivity contribution in [1.82, 2.24) is 0 Å². The van der Waals surface area contributed by atoms with Crippen LogP contribution in [-0.4, -0.2) is 17.6 Å². The molecule has 0 aliphatic rings. The van der Waals surface area contributed by atoms with Gasteiger partial charge in [-0.25, -0.2) is 13.6 Å². The van der Waals surface area contributed by atoms with Crippen molar-refractivity contribution in [3.8, 4) is 0 Å². The van der Waals surface area contributed by atoms with Crippen LogP contribution in [0, 0.1) is 11.6 Å².